The molecule has 0 aliphatic heterocycles. The van der Waals surface area contributed by atoms with E-state index in [1.807, 2.05) is 18.2 Å². The summed E-state index contributed by atoms with van der Waals surface area (Å²) in [7, 11) is -9.85. The van der Waals surface area contributed by atoms with Crippen molar-refractivity contribution in [2.24, 2.45) is 0 Å². The van der Waals surface area contributed by atoms with Crippen LogP contribution in [0.4, 0.5) is 0 Å². The second kappa shape index (κ2) is 71.9. The van der Waals surface area contributed by atoms with E-state index in [0.29, 0.717) is 25.7 Å². The summed E-state index contributed by atoms with van der Waals surface area (Å²) in [4.78, 5) is 58.5. The van der Waals surface area contributed by atoms with Crippen LogP contribution in [0, 0.1) is 0 Å². The van der Waals surface area contributed by atoms with Crippen LogP contribution in [0.2, 0.25) is 0 Å². The Labute approximate surface area is 597 Å². The van der Waals surface area contributed by atoms with Crippen molar-refractivity contribution >= 4 is 33.6 Å². The fourth-order valence-electron chi connectivity index (χ4n) is 8.57. The third-order valence-electron chi connectivity index (χ3n) is 14.0. The standard InChI is InChI=1S/C81H126O16P2/c1-4-7-10-13-16-19-22-25-28-31-34-36-37-39-42-43-46-49-52-55-58-61-64-67-79(84)91-70-76(82)71-93-98(87,88)94-72-77(83)73-95-99(89,90)96-75-78(97-81(86)69-66-63-60-57-54-51-48-45-40-33-30-27-24-21-18-15-12-9-6-3)74-92-80(85)68-65-62-59-56-53-50-47-44-41-38-35-32-29-26-23-20-17-14-11-8-5-2/h7-12,16-21,25-30,34-36,38-40,42,44-47,49,51,54,60,63,76-78,82-83H,4-6,13-15,22-24,31-33,37,41,43,48,50,52-53,55-59,61-62,64-75H2,1-3H3,(H,87,88)(H,89,90)/b10-7-,11-8-,12-9-,19-16-,20-17-,21-18-,28-25-,29-26-,30-27-,36-34-,38-35-,42-39-,45-40-,47-44-,49-46-,54-51-,63-60-. The van der Waals surface area contributed by atoms with E-state index in [9.17, 15) is 43.5 Å². The fourth-order valence-corrected chi connectivity index (χ4v) is 10.2. The van der Waals surface area contributed by atoms with Crippen molar-refractivity contribution in [3.63, 3.8) is 0 Å². The summed E-state index contributed by atoms with van der Waals surface area (Å²) in [6, 6.07) is 0. The number of hydrogen-bond acceptors (Lipinski definition) is 14. The van der Waals surface area contributed by atoms with Gasteiger partial charge in [0.1, 0.15) is 25.4 Å². The Morgan fingerprint density at radius 2 is 0.525 bits per heavy atom. The SMILES string of the molecule is CC/C=C\C/C=C\C/C=C\C/C=C\C/C=C\C/C=C\CCCCCCC(=O)OCC(O)COP(=O)(O)OCC(O)COP(=O)(O)OCC(COC(=O)CCCCCCC/C=C\C/C=C\C/C=C\C/C=C\C/C=C\CC)OC(=O)CC/C=C\C/C=C\C/C=C\C/C=C\C/C=C\C/C=C\CC. The Morgan fingerprint density at radius 1 is 0.283 bits per heavy atom. The highest BCUT2D eigenvalue weighted by atomic mass is 31.2. The van der Waals surface area contributed by atoms with E-state index in [1.54, 1.807) is 0 Å². The third-order valence-corrected chi connectivity index (χ3v) is 15.9. The van der Waals surface area contributed by atoms with E-state index in [2.05, 4.69) is 209 Å². The zero-order valence-corrected chi connectivity index (χ0v) is 62.1. The van der Waals surface area contributed by atoms with Gasteiger partial charge in [-0.05, 0) is 154 Å². The van der Waals surface area contributed by atoms with Crippen molar-refractivity contribution in [1.29, 1.82) is 0 Å². The number of aliphatic hydroxyl groups excluding tert-OH is 2. The number of carbonyl (C=O) groups excluding carboxylic acids is 3. The molecule has 0 saturated heterocycles. The second-order valence-electron chi connectivity index (χ2n) is 23.2. The van der Waals surface area contributed by atoms with Crippen molar-refractivity contribution in [3.05, 3.63) is 207 Å². The monoisotopic (exact) mass is 1420 g/mol. The molecule has 0 heterocycles. The van der Waals surface area contributed by atoms with E-state index in [1.165, 1.54) is 0 Å². The van der Waals surface area contributed by atoms with Crippen molar-refractivity contribution < 1.29 is 75.8 Å². The van der Waals surface area contributed by atoms with Crippen LogP contribution in [0.25, 0.3) is 0 Å². The van der Waals surface area contributed by atoms with Gasteiger partial charge >= 0.3 is 33.6 Å². The van der Waals surface area contributed by atoms with Crippen molar-refractivity contribution in [1.82, 2.24) is 0 Å². The molecule has 0 bridgehead atoms. The first-order valence-corrected chi connectivity index (χ1v) is 39.4. The molecule has 18 heteroatoms. The number of phosphoric acid groups is 2. The van der Waals surface area contributed by atoms with Crippen LogP contribution >= 0.6 is 15.6 Å². The molecule has 0 radical (unpaired) electrons. The van der Waals surface area contributed by atoms with Crippen LogP contribution in [-0.4, -0.2) is 95.9 Å². The van der Waals surface area contributed by atoms with Gasteiger partial charge in [0.15, 0.2) is 6.10 Å². The van der Waals surface area contributed by atoms with Gasteiger partial charge in [-0.2, -0.15) is 0 Å². The maximum atomic E-state index is 12.9. The van der Waals surface area contributed by atoms with Gasteiger partial charge in [-0.1, -0.05) is 259 Å². The molecular formula is C81H126O16P2. The topological polar surface area (TPSA) is 231 Å². The van der Waals surface area contributed by atoms with E-state index in [4.69, 9.17) is 32.3 Å². The molecule has 0 saturated carbocycles. The molecule has 0 amide bonds. The lowest BCUT2D eigenvalue weighted by molar-refractivity contribution is -0.161. The van der Waals surface area contributed by atoms with E-state index >= 15 is 0 Å². The number of unbranched alkanes of at least 4 members (excludes halogenated alkanes) is 9. The maximum absolute atomic E-state index is 12.9. The molecule has 0 aliphatic carbocycles. The molecule has 99 heavy (non-hydrogen) atoms. The average molecular weight is 1420 g/mol. The largest absolute Gasteiger partial charge is 0.472 e. The second-order valence-corrected chi connectivity index (χ2v) is 26.1. The fraction of sp³-hybridized carbons (Fsp3) is 0.543. The molecule has 0 aliphatic rings. The molecule has 556 valence electrons. The van der Waals surface area contributed by atoms with Gasteiger partial charge in [-0.25, -0.2) is 9.13 Å². The number of rotatable bonds is 66. The zero-order chi connectivity index (χ0) is 72.3. The Balaban J connectivity index is 4.83. The number of phosphoric ester groups is 2. The molecule has 0 aromatic carbocycles. The van der Waals surface area contributed by atoms with Crippen molar-refractivity contribution in [2.45, 2.75) is 245 Å². The molecule has 0 rings (SSSR count). The number of hydrogen-bond donors (Lipinski definition) is 4. The average Bonchev–Trinajstić information content (AvgIpc) is 2.30. The highest BCUT2D eigenvalue weighted by molar-refractivity contribution is 7.47. The van der Waals surface area contributed by atoms with Gasteiger partial charge in [-0.15, -0.1) is 0 Å². The maximum Gasteiger partial charge on any atom is 0.472 e. The van der Waals surface area contributed by atoms with E-state index in [-0.39, 0.29) is 19.3 Å². The molecular weight excluding hydrogens is 1290 g/mol. The summed E-state index contributed by atoms with van der Waals surface area (Å²) in [6.45, 7) is 2.14. The predicted octanol–water partition coefficient (Wildman–Crippen LogP) is 21.0. The van der Waals surface area contributed by atoms with Crippen LogP contribution in [0.5, 0.6) is 0 Å². The third kappa shape index (κ3) is 73.2. The Bertz CT molecular complexity index is 2630. The first-order chi connectivity index (χ1) is 48.2. The summed E-state index contributed by atoms with van der Waals surface area (Å²) < 4.78 is 60.9. The van der Waals surface area contributed by atoms with Crippen LogP contribution < -0.4 is 0 Å². The van der Waals surface area contributed by atoms with Crippen molar-refractivity contribution in [2.75, 3.05) is 39.6 Å². The number of aliphatic hydroxyl groups is 2. The van der Waals surface area contributed by atoms with Crippen LogP contribution in [-0.2, 0) is 55.8 Å². The van der Waals surface area contributed by atoms with Crippen LogP contribution in [0.15, 0.2) is 207 Å². The van der Waals surface area contributed by atoms with Crippen molar-refractivity contribution in [3.8, 4) is 0 Å². The Kier molecular flexibility index (Phi) is 67.7. The highest BCUT2D eigenvalue weighted by Crippen LogP contribution is 2.45. The first-order valence-electron chi connectivity index (χ1n) is 36.4. The Hall–Kier alpha value is -5.87. The van der Waals surface area contributed by atoms with Gasteiger partial charge in [0, 0.05) is 19.3 Å². The first kappa shape index (κ1) is 93.1. The minimum Gasteiger partial charge on any atom is -0.463 e. The van der Waals surface area contributed by atoms with Gasteiger partial charge in [-0.3, -0.25) is 32.5 Å². The number of allylic oxidation sites excluding steroid dienone is 34. The van der Waals surface area contributed by atoms with E-state index in [0.717, 1.165) is 161 Å². The molecule has 0 spiro atoms. The zero-order valence-electron chi connectivity index (χ0n) is 60.3. The molecule has 5 atom stereocenters. The molecule has 0 aromatic heterocycles. The van der Waals surface area contributed by atoms with Crippen LogP contribution in [0.3, 0.4) is 0 Å². The van der Waals surface area contributed by atoms with Crippen LogP contribution in [0.1, 0.15) is 226 Å². The quantitative estimate of drug-likeness (QED) is 0.0146. The van der Waals surface area contributed by atoms with E-state index < -0.39 is 91.5 Å². The van der Waals surface area contributed by atoms with Gasteiger partial charge < -0.3 is 34.2 Å². The normalized spacial score (nSPS) is 15.3. The molecule has 0 aromatic rings. The highest BCUT2D eigenvalue weighted by Gasteiger charge is 2.29. The smallest absolute Gasteiger partial charge is 0.463 e. The molecule has 4 N–H and O–H groups in total. The lowest BCUT2D eigenvalue weighted by atomic mass is 10.1. The predicted molar refractivity (Wildman–Crippen MR) is 407 cm³/mol. The summed E-state index contributed by atoms with van der Waals surface area (Å²) in [5.41, 5.74) is 0. The number of esters is 3. The van der Waals surface area contributed by atoms with Gasteiger partial charge in [0.05, 0.1) is 26.4 Å². The molecule has 0 fully saturated rings. The van der Waals surface area contributed by atoms with Gasteiger partial charge in [0.2, 0.25) is 0 Å². The summed E-state index contributed by atoms with van der Waals surface area (Å²) in [6.07, 6.45) is 94.5. The lowest BCUT2D eigenvalue weighted by Gasteiger charge is -2.21. The summed E-state index contributed by atoms with van der Waals surface area (Å²) in [5.74, 6) is -1.74. The molecule has 16 nitrogen and oxygen atoms in total. The minimum atomic E-state index is -4.97. The number of carbonyl (C=O) groups is 3. The number of ether oxygens (including phenoxy) is 3. The summed E-state index contributed by atoms with van der Waals surface area (Å²) in [5, 5.41) is 20.6. The summed E-state index contributed by atoms with van der Waals surface area (Å²) >= 11 is 0. The minimum absolute atomic E-state index is 0.0356. The molecule has 5 unspecified atom stereocenters. The lowest BCUT2D eigenvalue weighted by Crippen LogP contribution is -2.29. The van der Waals surface area contributed by atoms with Gasteiger partial charge in [0.25, 0.3) is 0 Å². The Morgan fingerprint density at radius 3 is 0.838 bits per heavy atom.